The summed E-state index contributed by atoms with van der Waals surface area (Å²) in [4.78, 5) is 0. The molecule has 0 spiro atoms. The van der Waals surface area contributed by atoms with Crippen molar-refractivity contribution >= 4 is 0 Å². The van der Waals surface area contributed by atoms with E-state index in [0.717, 1.165) is 12.3 Å². The van der Waals surface area contributed by atoms with E-state index in [1.165, 1.54) is 0 Å². The first-order valence-electron chi connectivity index (χ1n) is 2.96. The third kappa shape index (κ3) is 2.37. The van der Waals surface area contributed by atoms with E-state index in [1.54, 1.807) is 0 Å². The summed E-state index contributed by atoms with van der Waals surface area (Å²) >= 11 is 0. The van der Waals surface area contributed by atoms with Gasteiger partial charge in [-0.05, 0) is 0 Å². The average molecular weight is 177 g/mol. The summed E-state index contributed by atoms with van der Waals surface area (Å²) in [6.45, 7) is -1.89. The van der Waals surface area contributed by atoms with E-state index in [0.29, 0.717) is 0 Å². The third-order valence-electron chi connectivity index (χ3n) is 0.925. The summed E-state index contributed by atoms with van der Waals surface area (Å²) in [7, 11) is 0. The van der Waals surface area contributed by atoms with Gasteiger partial charge in [0, 0.05) is 6.07 Å². The first-order chi connectivity index (χ1) is 5.64. The van der Waals surface area contributed by atoms with Gasteiger partial charge in [-0.25, -0.2) is 4.39 Å². The number of aromatic nitrogens is 2. The van der Waals surface area contributed by atoms with E-state index >= 15 is 0 Å². The number of nitrogens with zero attached hydrogens (tertiary/aromatic N) is 2. The van der Waals surface area contributed by atoms with E-state index in [-0.39, 0.29) is 5.75 Å². The summed E-state index contributed by atoms with van der Waals surface area (Å²) in [5.41, 5.74) is 0. The minimum absolute atomic E-state index is 0.340. The summed E-state index contributed by atoms with van der Waals surface area (Å²) < 4.78 is 39.8. The monoisotopic (exact) mass is 177 g/mol. The van der Waals surface area contributed by atoms with Gasteiger partial charge in [0.05, 0.1) is 6.20 Å². The average Bonchev–Trinajstić information content (AvgIpc) is 2.06. The minimum atomic E-state index is -3.82. The van der Waals surface area contributed by atoms with Crippen LogP contribution in [0, 0.1) is 6.20 Å². The Labute approximate surface area is 66.2 Å². The van der Waals surface area contributed by atoms with E-state index < -0.39 is 12.8 Å². The van der Waals surface area contributed by atoms with Gasteiger partial charge in [0.25, 0.3) is 0 Å². The first kappa shape index (κ1) is 8.76. The molecule has 0 atom stereocenters. The number of hydrogen-bond donors (Lipinski definition) is 0. The van der Waals surface area contributed by atoms with Gasteiger partial charge in [0.1, 0.15) is 0 Å². The van der Waals surface area contributed by atoms with Crippen LogP contribution in [-0.4, -0.2) is 23.0 Å². The Bertz CT molecular complexity index is 242. The van der Waals surface area contributed by atoms with E-state index in [2.05, 4.69) is 14.9 Å². The van der Waals surface area contributed by atoms with Gasteiger partial charge in [-0.15, -0.1) is 5.10 Å². The van der Waals surface area contributed by atoms with Crippen molar-refractivity contribution in [2.75, 3.05) is 6.67 Å². The number of rotatable bonds is 3. The van der Waals surface area contributed by atoms with Crippen LogP contribution in [0.4, 0.5) is 13.2 Å². The Kier molecular flexibility index (Phi) is 2.47. The first-order valence-corrected chi connectivity index (χ1v) is 2.96. The normalized spacial score (nSPS) is 11.2. The van der Waals surface area contributed by atoms with E-state index in [4.69, 9.17) is 0 Å². The highest BCUT2D eigenvalue weighted by molar-refractivity contribution is 5.11. The van der Waals surface area contributed by atoms with Crippen LogP contribution >= 0.6 is 0 Å². The number of hydrogen-bond acceptors (Lipinski definition) is 3. The van der Waals surface area contributed by atoms with Crippen molar-refractivity contribution in [3.05, 3.63) is 18.5 Å². The lowest BCUT2D eigenvalue weighted by atomic mass is 10.5. The van der Waals surface area contributed by atoms with Gasteiger partial charge in [-0.1, -0.05) is 0 Å². The molecule has 0 amide bonds. The zero-order chi connectivity index (χ0) is 9.03. The molecule has 0 aliphatic rings. The molecule has 0 aliphatic heterocycles. The molecule has 0 saturated carbocycles. The van der Waals surface area contributed by atoms with E-state index in [9.17, 15) is 13.2 Å². The zero-order valence-electron chi connectivity index (χ0n) is 5.80. The van der Waals surface area contributed by atoms with Crippen molar-refractivity contribution in [2.45, 2.75) is 6.11 Å². The molecule has 1 radical (unpaired) electrons. The van der Waals surface area contributed by atoms with Crippen LogP contribution in [0.5, 0.6) is 5.75 Å². The molecule has 0 aromatic carbocycles. The molecule has 1 heterocycles. The van der Waals surface area contributed by atoms with Crippen molar-refractivity contribution in [1.82, 2.24) is 10.2 Å². The van der Waals surface area contributed by atoms with Gasteiger partial charge < -0.3 is 4.74 Å². The Morgan fingerprint density at radius 3 is 2.83 bits per heavy atom. The van der Waals surface area contributed by atoms with Crippen LogP contribution in [0.3, 0.4) is 0 Å². The molecule has 0 unspecified atom stereocenters. The molecular weight excluding hydrogens is 173 g/mol. The second-order valence-electron chi connectivity index (χ2n) is 1.88. The molecule has 1 aromatic heterocycles. The summed E-state index contributed by atoms with van der Waals surface area (Å²) in [6.07, 6.45) is -0.652. The molecule has 6 heteroatoms. The second kappa shape index (κ2) is 3.38. The lowest BCUT2D eigenvalue weighted by Crippen LogP contribution is -2.27. The van der Waals surface area contributed by atoms with Crippen LogP contribution in [-0.2, 0) is 0 Å². The highest BCUT2D eigenvalue weighted by atomic mass is 19.3. The highest BCUT2D eigenvalue weighted by Crippen LogP contribution is 2.19. The smallest absolute Gasteiger partial charge is 0.427 e. The molecule has 12 heavy (non-hydrogen) atoms. The lowest BCUT2D eigenvalue weighted by molar-refractivity contribution is -0.186. The molecule has 1 rings (SSSR count). The maximum atomic E-state index is 12.2. The van der Waals surface area contributed by atoms with Crippen molar-refractivity contribution in [3.8, 4) is 5.75 Å². The maximum Gasteiger partial charge on any atom is 0.427 e. The van der Waals surface area contributed by atoms with Crippen LogP contribution in [0.1, 0.15) is 0 Å². The van der Waals surface area contributed by atoms with Crippen molar-refractivity contribution in [1.29, 1.82) is 0 Å². The van der Waals surface area contributed by atoms with Gasteiger partial charge in [0.15, 0.2) is 18.6 Å². The Morgan fingerprint density at radius 2 is 2.33 bits per heavy atom. The topological polar surface area (TPSA) is 35.0 Å². The molecule has 0 saturated heterocycles. The number of halogens is 3. The van der Waals surface area contributed by atoms with Gasteiger partial charge >= 0.3 is 6.11 Å². The van der Waals surface area contributed by atoms with Gasteiger partial charge in [0.2, 0.25) is 0 Å². The molecule has 0 N–H and O–H groups in total. The van der Waals surface area contributed by atoms with Crippen molar-refractivity contribution in [2.24, 2.45) is 0 Å². The Hall–Kier alpha value is -1.33. The largest absolute Gasteiger partial charge is 0.428 e. The highest BCUT2D eigenvalue weighted by Gasteiger charge is 2.31. The lowest BCUT2D eigenvalue weighted by Gasteiger charge is -2.12. The minimum Gasteiger partial charge on any atom is -0.428 e. The van der Waals surface area contributed by atoms with Crippen molar-refractivity contribution < 1.29 is 17.9 Å². The standard InChI is InChI=1S/C6H4F3N2O/c7-4-6(8,9)12-5-1-2-10-11-3-5/h1-2H,4H2. The number of alkyl halides is 3. The Morgan fingerprint density at radius 1 is 1.58 bits per heavy atom. The quantitative estimate of drug-likeness (QED) is 0.696. The molecule has 0 bridgehead atoms. The molecule has 65 valence electrons. The molecular formula is C6H4F3N2O. The second-order valence-corrected chi connectivity index (χ2v) is 1.88. The Balaban J connectivity index is 2.64. The van der Waals surface area contributed by atoms with Gasteiger partial charge in [-0.3, -0.25) is 0 Å². The summed E-state index contributed by atoms with van der Waals surface area (Å²) in [5, 5.41) is 6.42. The predicted octanol–water partition coefficient (Wildman–Crippen LogP) is 1.22. The zero-order valence-corrected chi connectivity index (χ0v) is 5.80. The molecule has 0 fully saturated rings. The van der Waals surface area contributed by atoms with Crippen LogP contribution in [0.2, 0.25) is 0 Å². The van der Waals surface area contributed by atoms with Crippen LogP contribution in [0.15, 0.2) is 12.3 Å². The maximum absolute atomic E-state index is 12.2. The third-order valence-corrected chi connectivity index (χ3v) is 0.925. The van der Waals surface area contributed by atoms with Crippen LogP contribution < -0.4 is 4.74 Å². The molecule has 1 aromatic rings. The fourth-order valence-corrected chi connectivity index (χ4v) is 0.495. The molecule has 0 aliphatic carbocycles. The van der Waals surface area contributed by atoms with E-state index in [1.807, 2.05) is 6.20 Å². The van der Waals surface area contributed by atoms with Gasteiger partial charge in [-0.2, -0.15) is 13.9 Å². The fourth-order valence-electron chi connectivity index (χ4n) is 0.495. The predicted molar refractivity (Wildman–Crippen MR) is 32.4 cm³/mol. The summed E-state index contributed by atoms with van der Waals surface area (Å²) in [5.74, 6) is -0.340. The number of ether oxygens (including phenoxy) is 1. The summed E-state index contributed by atoms with van der Waals surface area (Å²) in [6, 6.07) is 1.11. The van der Waals surface area contributed by atoms with Crippen LogP contribution in [0.25, 0.3) is 0 Å². The molecule has 3 nitrogen and oxygen atoms in total. The van der Waals surface area contributed by atoms with Crippen molar-refractivity contribution in [3.63, 3.8) is 0 Å². The SMILES string of the molecule is FCC(F)(F)Oc1[c]nncc1. The fraction of sp³-hybridized carbons (Fsp3) is 0.333.